The van der Waals surface area contributed by atoms with Crippen molar-refractivity contribution in [3.8, 4) is 0 Å². The largest absolute Gasteiger partial charge is 0.381 e. The van der Waals surface area contributed by atoms with Gasteiger partial charge >= 0.3 is 0 Å². The number of fused-ring (bicyclic) bond motifs is 1. The summed E-state index contributed by atoms with van der Waals surface area (Å²) in [6.45, 7) is 6.00. The van der Waals surface area contributed by atoms with Crippen LogP contribution in [0.3, 0.4) is 0 Å². The second-order valence-electron chi connectivity index (χ2n) is 7.05. The standard InChI is InChI=1S/C20H30N4O2.HI/c1-2-21-20(22-10-5-11-26-14-15-8-9-15)23-13-16-12-19(25)24-18-7-4-3-6-17(16)18;/h3-4,6-7,15-16H,2,5,8-14H2,1H3,(H,24,25)(H2,21,22,23);1H. The first-order valence-corrected chi connectivity index (χ1v) is 9.75. The molecule has 0 bridgehead atoms. The molecule has 0 radical (unpaired) electrons. The molecular weight excluding hydrogens is 455 g/mol. The molecular formula is C20H31IN4O2. The van der Waals surface area contributed by atoms with Gasteiger partial charge in [0.25, 0.3) is 0 Å². The van der Waals surface area contributed by atoms with E-state index in [1.54, 1.807) is 0 Å². The lowest BCUT2D eigenvalue weighted by Gasteiger charge is -2.24. The molecule has 1 fully saturated rings. The molecule has 1 amide bonds. The van der Waals surface area contributed by atoms with Crippen molar-refractivity contribution in [3.05, 3.63) is 29.8 Å². The number of rotatable bonds is 9. The lowest BCUT2D eigenvalue weighted by Crippen LogP contribution is -2.38. The molecule has 27 heavy (non-hydrogen) atoms. The van der Waals surface area contributed by atoms with Gasteiger partial charge in [-0.25, -0.2) is 0 Å². The molecule has 2 aliphatic rings. The Labute approximate surface area is 178 Å². The van der Waals surface area contributed by atoms with Gasteiger partial charge in [0.05, 0.1) is 6.54 Å². The van der Waals surface area contributed by atoms with Gasteiger partial charge in [-0.1, -0.05) is 18.2 Å². The molecule has 1 aromatic rings. The Hall–Kier alpha value is -1.35. The zero-order valence-electron chi connectivity index (χ0n) is 16.0. The van der Waals surface area contributed by atoms with Crippen molar-refractivity contribution in [1.29, 1.82) is 0 Å². The molecule has 1 unspecified atom stereocenters. The Morgan fingerprint density at radius 1 is 1.30 bits per heavy atom. The van der Waals surface area contributed by atoms with E-state index in [0.717, 1.165) is 50.3 Å². The van der Waals surface area contributed by atoms with Crippen molar-refractivity contribution >= 4 is 41.5 Å². The first-order valence-electron chi connectivity index (χ1n) is 9.75. The number of carbonyl (C=O) groups excluding carboxylic acids is 1. The van der Waals surface area contributed by atoms with E-state index in [1.165, 1.54) is 18.4 Å². The summed E-state index contributed by atoms with van der Waals surface area (Å²) in [5.74, 6) is 1.81. The molecule has 6 nitrogen and oxygen atoms in total. The summed E-state index contributed by atoms with van der Waals surface area (Å²) in [7, 11) is 0. The molecule has 1 aromatic carbocycles. The van der Waals surface area contributed by atoms with Gasteiger partial charge in [-0.2, -0.15) is 0 Å². The molecule has 1 atom stereocenters. The van der Waals surface area contributed by atoms with Crippen molar-refractivity contribution in [1.82, 2.24) is 10.6 Å². The first kappa shape index (κ1) is 21.9. The van der Waals surface area contributed by atoms with Gasteiger partial charge in [-0.15, -0.1) is 24.0 Å². The number of aliphatic imine (C=N–C) groups is 1. The lowest BCUT2D eigenvalue weighted by molar-refractivity contribution is -0.116. The van der Waals surface area contributed by atoms with Crippen molar-refractivity contribution in [2.24, 2.45) is 10.9 Å². The highest BCUT2D eigenvalue weighted by molar-refractivity contribution is 14.0. The molecule has 1 aliphatic carbocycles. The first-order chi connectivity index (χ1) is 12.8. The van der Waals surface area contributed by atoms with Gasteiger partial charge in [-0.05, 0) is 43.7 Å². The second-order valence-corrected chi connectivity index (χ2v) is 7.05. The molecule has 1 saturated carbocycles. The Kier molecular flexibility index (Phi) is 9.33. The summed E-state index contributed by atoms with van der Waals surface area (Å²) >= 11 is 0. The van der Waals surface area contributed by atoms with Crippen LogP contribution in [0.25, 0.3) is 0 Å². The van der Waals surface area contributed by atoms with Crippen molar-refractivity contribution in [2.75, 3.05) is 38.2 Å². The van der Waals surface area contributed by atoms with Crippen LogP contribution in [0.1, 0.15) is 44.1 Å². The molecule has 150 valence electrons. The van der Waals surface area contributed by atoms with E-state index in [1.807, 2.05) is 18.2 Å². The predicted octanol–water partition coefficient (Wildman–Crippen LogP) is 3.10. The highest BCUT2D eigenvalue weighted by Gasteiger charge is 2.24. The number of anilines is 1. The SMILES string of the molecule is CCNC(=NCC1CC(=O)Nc2ccccc21)NCCCOCC1CC1.I. The van der Waals surface area contributed by atoms with Crippen LogP contribution in [0, 0.1) is 5.92 Å². The van der Waals surface area contributed by atoms with Crippen LogP contribution in [0.4, 0.5) is 5.69 Å². The summed E-state index contributed by atoms with van der Waals surface area (Å²) < 4.78 is 5.66. The summed E-state index contributed by atoms with van der Waals surface area (Å²) in [6, 6.07) is 7.99. The van der Waals surface area contributed by atoms with E-state index < -0.39 is 0 Å². The van der Waals surface area contributed by atoms with Gasteiger partial charge in [0.2, 0.25) is 5.91 Å². The number of benzene rings is 1. The summed E-state index contributed by atoms with van der Waals surface area (Å²) in [5, 5.41) is 9.57. The Bertz CT molecular complexity index is 634. The molecule has 1 heterocycles. The summed E-state index contributed by atoms with van der Waals surface area (Å²) in [4.78, 5) is 16.6. The number of amides is 1. The monoisotopic (exact) mass is 486 g/mol. The fraction of sp³-hybridized carbons (Fsp3) is 0.600. The maximum Gasteiger partial charge on any atom is 0.225 e. The maximum atomic E-state index is 11.9. The zero-order valence-corrected chi connectivity index (χ0v) is 18.3. The molecule has 3 rings (SSSR count). The third kappa shape index (κ3) is 7.29. The molecule has 0 aromatic heterocycles. The van der Waals surface area contributed by atoms with Gasteiger partial charge in [-0.3, -0.25) is 9.79 Å². The summed E-state index contributed by atoms with van der Waals surface area (Å²) in [5.41, 5.74) is 2.08. The minimum atomic E-state index is 0. The van der Waals surface area contributed by atoms with E-state index in [9.17, 15) is 4.79 Å². The normalized spacial score (nSPS) is 18.9. The van der Waals surface area contributed by atoms with E-state index in [4.69, 9.17) is 9.73 Å². The van der Waals surface area contributed by atoms with Crippen molar-refractivity contribution in [3.63, 3.8) is 0 Å². The zero-order chi connectivity index (χ0) is 18.2. The van der Waals surface area contributed by atoms with Crippen LogP contribution in [-0.4, -0.2) is 44.7 Å². The number of guanidine groups is 1. The fourth-order valence-corrected chi connectivity index (χ4v) is 3.12. The van der Waals surface area contributed by atoms with E-state index in [2.05, 4.69) is 28.9 Å². The Balaban J connectivity index is 0.00000261. The number of nitrogens with zero attached hydrogens (tertiary/aromatic N) is 1. The molecule has 1 aliphatic heterocycles. The number of hydrogen-bond donors (Lipinski definition) is 3. The van der Waals surface area contributed by atoms with E-state index >= 15 is 0 Å². The van der Waals surface area contributed by atoms with Crippen LogP contribution in [0.2, 0.25) is 0 Å². The molecule has 7 heteroatoms. The van der Waals surface area contributed by atoms with Crippen molar-refractivity contribution < 1.29 is 9.53 Å². The smallest absolute Gasteiger partial charge is 0.225 e. The fourth-order valence-electron chi connectivity index (χ4n) is 3.12. The Morgan fingerprint density at radius 2 is 2.11 bits per heavy atom. The highest BCUT2D eigenvalue weighted by atomic mass is 127. The van der Waals surface area contributed by atoms with Gasteiger partial charge < -0.3 is 20.7 Å². The quantitative estimate of drug-likeness (QED) is 0.217. The summed E-state index contributed by atoms with van der Waals surface area (Å²) in [6.07, 6.45) is 4.11. The van der Waals surface area contributed by atoms with Crippen LogP contribution >= 0.6 is 24.0 Å². The number of hydrogen-bond acceptors (Lipinski definition) is 3. The van der Waals surface area contributed by atoms with E-state index in [-0.39, 0.29) is 35.8 Å². The van der Waals surface area contributed by atoms with Gasteiger partial charge in [0, 0.05) is 44.3 Å². The second kappa shape index (κ2) is 11.5. The average Bonchev–Trinajstić information content (AvgIpc) is 3.46. The number of carbonyl (C=O) groups is 1. The van der Waals surface area contributed by atoms with Crippen molar-refractivity contribution in [2.45, 2.75) is 38.5 Å². The number of nitrogens with one attached hydrogen (secondary N) is 3. The lowest BCUT2D eigenvalue weighted by atomic mass is 9.91. The molecule has 0 saturated heterocycles. The molecule has 0 spiro atoms. The minimum absolute atomic E-state index is 0. The van der Waals surface area contributed by atoms with Gasteiger partial charge in [0.1, 0.15) is 0 Å². The van der Waals surface area contributed by atoms with Crippen LogP contribution in [0.5, 0.6) is 0 Å². The maximum absolute atomic E-state index is 11.9. The van der Waals surface area contributed by atoms with Crippen LogP contribution < -0.4 is 16.0 Å². The highest BCUT2D eigenvalue weighted by Crippen LogP contribution is 2.32. The number of halogens is 1. The topological polar surface area (TPSA) is 74.8 Å². The Morgan fingerprint density at radius 3 is 2.89 bits per heavy atom. The van der Waals surface area contributed by atoms with Gasteiger partial charge in [0.15, 0.2) is 5.96 Å². The van der Waals surface area contributed by atoms with E-state index in [0.29, 0.717) is 13.0 Å². The third-order valence-corrected chi connectivity index (χ3v) is 4.73. The predicted molar refractivity (Wildman–Crippen MR) is 120 cm³/mol. The number of para-hydroxylation sites is 1. The third-order valence-electron chi connectivity index (χ3n) is 4.73. The number of ether oxygens (including phenoxy) is 1. The minimum Gasteiger partial charge on any atom is -0.381 e. The average molecular weight is 486 g/mol. The van der Waals surface area contributed by atoms with Crippen LogP contribution in [-0.2, 0) is 9.53 Å². The van der Waals surface area contributed by atoms with Crippen LogP contribution in [0.15, 0.2) is 29.3 Å². The molecule has 3 N–H and O–H groups in total.